The Bertz CT molecular complexity index is 831. The maximum Gasteiger partial charge on any atom is 0.191 e. The van der Waals surface area contributed by atoms with Gasteiger partial charge in [0.1, 0.15) is 12.4 Å². The van der Waals surface area contributed by atoms with E-state index in [1.807, 2.05) is 43.4 Å². The smallest absolute Gasteiger partial charge is 0.191 e. The zero-order valence-corrected chi connectivity index (χ0v) is 19.0. The fourth-order valence-electron chi connectivity index (χ4n) is 3.72. The van der Waals surface area contributed by atoms with Crippen molar-refractivity contribution in [2.24, 2.45) is 4.99 Å². The number of ether oxygens (including phenoxy) is 1. The van der Waals surface area contributed by atoms with Gasteiger partial charge in [-0.15, -0.1) is 0 Å². The van der Waals surface area contributed by atoms with E-state index in [2.05, 4.69) is 46.5 Å². The van der Waals surface area contributed by atoms with E-state index in [0.717, 1.165) is 37.5 Å². The lowest BCUT2D eigenvalue weighted by Gasteiger charge is -2.35. The Kier molecular flexibility index (Phi) is 8.40. The molecule has 0 radical (unpaired) electrons. The maximum atomic E-state index is 6.21. The van der Waals surface area contributed by atoms with Crippen molar-refractivity contribution in [3.8, 4) is 5.75 Å². The van der Waals surface area contributed by atoms with Crippen LogP contribution < -0.4 is 15.4 Å². The zero-order valence-electron chi connectivity index (χ0n) is 18.2. The van der Waals surface area contributed by atoms with E-state index in [0.29, 0.717) is 36.0 Å². The predicted octanol–water partition coefficient (Wildman–Crippen LogP) is 4.46. The van der Waals surface area contributed by atoms with Crippen LogP contribution in [0.3, 0.4) is 0 Å². The number of benzene rings is 2. The van der Waals surface area contributed by atoms with Gasteiger partial charge in [-0.25, -0.2) is 0 Å². The number of nitrogens with one attached hydrogen (secondary N) is 2. The second-order valence-corrected chi connectivity index (χ2v) is 8.37. The van der Waals surface area contributed by atoms with Gasteiger partial charge in [0.25, 0.3) is 0 Å². The van der Waals surface area contributed by atoms with Crippen molar-refractivity contribution >= 4 is 17.6 Å². The van der Waals surface area contributed by atoms with Gasteiger partial charge < -0.3 is 20.3 Å². The molecule has 2 aromatic rings. The number of guanidine groups is 1. The first-order valence-corrected chi connectivity index (χ1v) is 11.1. The van der Waals surface area contributed by atoms with Crippen LogP contribution in [0.1, 0.15) is 37.8 Å². The first-order chi connectivity index (χ1) is 14.6. The van der Waals surface area contributed by atoms with E-state index in [-0.39, 0.29) is 0 Å². The van der Waals surface area contributed by atoms with E-state index in [9.17, 15) is 0 Å². The molecule has 0 aromatic heterocycles. The summed E-state index contributed by atoms with van der Waals surface area (Å²) in [6.45, 7) is 7.96. The average molecular weight is 429 g/mol. The standard InChI is InChI=1S/C24H33ClN4O/c1-18(2)29-14-12-21(13-15-29)28-24(26-3)27-16-19-8-4-5-9-20(19)17-30-23-11-7-6-10-22(23)25/h4-11,18,21H,12-17H2,1-3H3,(H2,26,27,28). The third-order valence-corrected chi connectivity index (χ3v) is 5.92. The highest BCUT2D eigenvalue weighted by molar-refractivity contribution is 6.32. The van der Waals surface area contributed by atoms with Gasteiger partial charge in [-0.1, -0.05) is 48.0 Å². The first-order valence-electron chi connectivity index (χ1n) is 10.7. The Labute approximate surface area is 185 Å². The van der Waals surface area contributed by atoms with E-state index in [1.165, 1.54) is 5.56 Å². The number of piperidine rings is 1. The summed E-state index contributed by atoms with van der Waals surface area (Å²) in [4.78, 5) is 6.95. The molecule has 1 saturated heterocycles. The highest BCUT2D eigenvalue weighted by Crippen LogP contribution is 2.24. The lowest BCUT2D eigenvalue weighted by Crippen LogP contribution is -2.49. The van der Waals surface area contributed by atoms with Gasteiger partial charge in [0.2, 0.25) is 0 Å². The van der Waals surface area contributed by atoms with E-state index < -0.39 is 0 Å². The van der Waals surface area contributed by atoms with Crippen LogP contribution in [0.25, 0.3) is 0 Å². The third kappa shape index (κ3) is 6.38. The van der Waals surface area contributed by atoms with Crippen LogP contribution >= 0.6 is 11.6 Å². The molecular formula is C24H33ClN4O. The number of aliphatic imine (C=N–C) groups is 1. The quantitative estimate of drug-likeness (QED) is 0.505. The van der Waals surface area contributed by atoms with Crippen LogP contribution in [0.15, 0.2) is 53.5 Å². The first kappa shape index (κ1) is 22.4. The van der Waals surface area contributed by atoms with Crippen molar-refractivity contribution in [2.75, 3.05) is 20.1 Å². The Morgan fingerprint density at radius 1 is 1.10 bits per heavy atom. The number of rotatable bonds is 7. The van der Waals surface area contributed by atoms with Crippen molar-refractivity contribution in [1.29, 1.82) is 0 Å². The third-order valence-electron chi connectivity index (χ3n) is 5.61. The van der Waals surface area contributed by atoms with Gasteiger partial charge in [-0.3, -0.25) is 4.99 Å². The molecule has 0 amide bonds. The van der Waals surface area contributed by atoms with Crippen LogP contribution in [-0.4, -0.2) is 43.1 Å². The number of likely N-dealkylation sites (tertiary alicyclic amines) is 1. The SMILES string of the molecule is CN=C(NCc1ccccc1COc1ccccc1Cl)NC1CCN(C(C)C)CC1. The largest absolute Gasteiger partial charge is 0.487 e. The van der Waals surface area contributed by atoms with Crippen LogP contribution in [0.2, 0.25) is 5.02 Å². The molecule has 0 aliphatic carbocycles. The van der Waals surface area contributed by atoms with Gasteiger partial charge in [0, 0.05) is 38.8 Å². The molecule has 30 heavy (non-hydrogen) atoms. The number of para-hydroxylation sites is 1. The van der Waals surface area contributed by atoms with Crippen molar-refractivity contribution in [3.63, 3.8) is 0 Å². The molecule has 1 fully saturated rings. The highest BCUT2D eigenvalue weighted by Gasteiger charge is 2.21. The lowest BCUT2D eigenvalue weighted by molar-refractivity contribution is 0.167. The monoisotopic (exact) mass is 428 g/mol. The van der Waals surface area contributed by atoms with E-state index in [1.54, 1.807) is 0 Å². The minimum absolute atomic E-state index is 0.463. The van der Waals surface area contributed by atoms with Crippen LogP contribution in [0.5, 0.6) is 5.75 Å². The normalized spacial score (nSPS) is 16.0. The molecule has 0 bridgehead atoms. The fraction of sp³-hybridized carbons (Fsp3) is 0.458. The summed E-state index contributed by atoms with van der Waals surface area (Å²) >= 11 is 6.21. The topological polar surface area (TPSA) is 48.9 Å². The fourth-order valence-corrected chi connectivity index (χ4v) is 3.91. The molecule has 2 aromatic carbocycles. The van der Waals surface area contributed by atoms with E-state index >= 15 is 0 Å². The summed E-state index contributed by atoms with van der Waals surface area (Å²) < 4.78 is 5.94. The summed E-state index contributed by atoms with van der Waals surface area (Å²) in [6, 6.07) is 16.9. The molecular weight excluding hydrogens is 396 g/mol. The second kappa shape index (κ2) is 11.2. The Balaban J connectivity index is 1.53. The molecule has 5 nitrogen and oxygen atoms in total. The summed E-state index contributed by atoms with van der Waals surface area (Å²) in [5.74, 6) is 1.55. The molecule has 0 saturated carbocycles. The number of hydrogen-bond donors (Lipinski definition) is 2. The average Bonchev–Trinajstić information content (AvgIpc) is 2.77. The molecule has 1 aliphatic rings. The molecule has 162 valence electrons. The number of halogens is 1. The van der Waals surface area contributed by atoms with Gasteiger partial charge >= 0.3 is 0 Å². The summed E-state index contributed by atoms with van der Waals surface area (Å²) in [5.41, 5.74) is 2.31. The van der Waals surface area contributed by atoms with Crippen LogP contribution in [0, 0.1) is 0 Å². The van der Waals surface area contributed by atoms with Crippen LogP contribution in [0.4, 0.5) is 0 Å². The summed E-state index contributed by atoms with van der Waals surface area (Å²) in [5, 5.41) is 7.67. The maximum absolute atomic E-state index is 6.21. The molecule has 1 heterocycles. The van der Waals surface area contributed by atoms with Gasteiger partial charge in [0.15, 0.2) is 5.96 Å². The molecule has 1 aliphatic heterocycles. The van der Waals surface area contributed by atoms with Gasteiger partial charge in [0.05, 0.1) is 5.02 Å². The number of nitrogens with zero attached hydrogens (tertiary/aromatic N) is 2. The highest BCUT2D eigenvalue weighted by atomic mass is 35.5. The van der Waals surface area contributed by atoms with E-state index in [4.69, 9.17) is 16.3 Å². The molecule has 2 N–H and O–H groups in total. The summed E-state index contributed by atoms with van der Waals surface area (Å²) in [6.07, 6.45) is 2.28. The minimum atomic E-state index is 0.463. The molecule has 0 atom stereocenters. The lowest BCUT2D eigenvalue weighted by atomic mass is 10.0. The molecule has 3 rings (SSSR count). The molecule has 0 spiro atoms. The van der Waals surface area contributed by atoms with Crippen molar-refractivity contribution < 1.29 is 4.74 Å². The van der Waals surface area contributed by atoms with Crippen molar-refractivity contribution in [3.05, 3.63) is 64.7 Å². The zero-order chi connectivity index (χ0) is 21.3. The Morgan fingerprint density at radius 3 is 2.43 bits per heavy atom. The number of hydrogen-bond acceptors (Lipinski definition) is 3. The Morgan fingerprint density at radius 2 is 1.77 bits per heavy atom. The minimum Gasteiger partial charge on any atom is -0.487 e. The van der Waals surface area contributed by atoms with Gasteiger partial charge in [-0.05, 0) is 49.9 Å². The summed E-state index contributed by atoms with van der Waals surface area (Å²) in [7, 11) is 1.82. The van der Waals surface area contributed by atoms with Crippen LogP contribution in [-0.2, 0) is 13.2 Å². The molecule has 6 heteroatoms. The molecule has 0 unspecified atom stereocenters. The predicted molar refractivity (Wildman–Crippen MR) is 125 cm³/mol. The Hall–Kier alpha value is -2.24. The van der Waals surface area contributed by atoms with Gasteiger partial charge in [-0.2, -0.15) is 0 Å². The van der Waals surface area contributed by atoms with Crippen molar-refractivity contribution in [2.45, 2.75) is 51.9 Å². The van der Waals surface area contributed by atoms with Crippen molar-refractivity contribution in [1.82, 2.24) is 15.5 Å². The second-order valence-electron chi connectivity index (χ2n) is 7.96.